The van der Waals surface area contributed by atoms with Crippen molar-refractivity contribution in [3.63, 3.8) is 0 Å². The Labute approximate surface area is 136 Å². The van der Waals surface area contributed by atoms with Gasteiger partial charge in [0.2, 0.25) is 0 Å². The van der Waals surface area contributed by atoms with Gasteiger partial charge in [-0.15, -0.1) is 0 Å². The maximum atomic E-state index is 13.7. The topological polar surface area (TPSA) is 53.0 Å². The highest BCUT2D eigenvalue weighted by atomic mass is 19.1. The maximum Gasteiger partial charge on any atom is 0.410 e. The van der Waals surface area contributed by atoms with Crippen molar-refractivity contribution in [1.29, 1.82) is 0 Å². The van der Waals surface area contributed by atoms with Crippen LogP contribution in [0.4, 0.5) is 9.18 Å². The predicted molar refractivity (Wildman–Crippen MR) is 85.9 cm³/mol. The molecule has 1 aliphatic rings. The molecule has 1 amide bonds. The summed E-state index contributed by atoms with van der Waals surface area (Å²) in [4.78, 5) is 15.8. The number of aromatic hydroxyl groups is 1. The van der Waals surface area contributed by atoms with Gasteiger partial charge in [0.1, 0.15) is 5.60 Å². The first-order chi connectivity index (χ1) is 10.7. The van der Waals surface area contributed by atoms with Gasteiger partial charge in [0.15, 0.2) is 11.6 Å². The lowest BCUT2D eigenvalue weighted by Crippen LogP contribution is -2.49. The van der Waals surface area contributed by atoms with Gasteiger partial charge in [-0.1, -0.05) is 12.1 Å². The number of benzene rings is 1. The third kappa shape index (κ3) is 4.58. The van der Waals surface area contributed by atoms with Crippen LogP contribution in [0.15, 0.2) is 12.1 Å². The fraction of sp³-hybridized carbons (Fsp3) is 0.588. The van der Waals surface area contributed by atoms with E-state index in [9.17, 15) is 14.3 Å². The second kappa shape index (κ2) is 6.74. The Kier molecular flexibility index (Phi) is 5.14. The Bertz CT molecular complexity index is 576. The third-order valence-electron chi connectivity index (χ3n) is 3.81. The van der Waals surface area contributed by atoms with Crippen LogP contribution in [0, 0.1) is 12.7 Å². The number of carbonyl (C=O) groups excluding carboxylic acids is 1. The van der Waals surface area contributed by atoms with Crippen molar-refractivity contribution in [1.82, 2.24) is 9.80 Å². The zero-order valence-corrected chi connectivity index (χ0v) is 14.2. The number of rotatable bonds is 2. The zero-order valence-electron chi connectivity index (χ0n) is 14.2. The Morgan fingerprint density at radius 2 is 1.87 bits per heavy atom. The van der Waals surface area contributed by atoms with Crippen LogP contribution in [0.2, 0.25) is 0 Å². The number of nitrogens with zero attached hydrogens (tertiary/aromatic N) is 2. The van der Waals surface area contributed by atoms with Crippen LogP contribution in [-0.2, 0) is 11.3 Å². The summed E-state index contributed by atoms with van der Waals surface area (Å²) in [6, 6.07) is 3.41. The average molecular weight is 324 g/mol. The van der Waals surface area contributed by atoms with Gasteiger partial charge in [-0.25, -0.2) is 9.18 Å². The van der Waals surface area contributed by atoms with E-state index in [0.717, 1.165) is 0 Å². The SMILES string of the molecule is Cc1ccc(CN2CCN(C(=O)OC(C)(C)C)CC2)c(O)c1F. The molecule has 6 heteroatoms. The molecule has 128 valence electrons. The molecule has 0 aromatic heterocycles. The summed E-state index contributed by atoms with van der Waals surface area (Å²) in [6.07, 6.45) is -0.304. The largest absolute Gasteiger partial charge is 0.505 e. The summed E-state index contributed by atoms with van der Waals surface area (Å²) in [5, 5.41) is 9.89. The van der Waals surface area contributed by atoms with Gasteiger partial charge >= 0.3 is 6.09 Å². The quantitative estimate of drug-likeness (QED) is 0.909. The fourth-order valence-electron chi connectivity index (χ4n) is 2.49. The summed E-state index contributed by atoms with van der Waals surface area (Å²) in [5.41, 5.74) is 0.499. The minimum Gasteiger partial charge on any atom is -0.505 e. The minimum absolute atomic E-state index is 0.278. The van der Waals surface area contributed by atoms with Crippen molar-refractivity contribution in [3.8, 4) is 5.75 Å². The molecule has 0 radical (unpaired) electrons. The smallest absolute Gasteiger partial charge is 0.410 e. The molecule has 0 bridgehead atoms. The summed E-state index contributed by atoms with van der Waals surface area (Å²) in [5.74, 6) is -0.838. The molecule has 1 aromatic carbocycles. The van der Waals surface area contributed by atoms with E-state index in [1.807, 2.05) is 20.8 Å². The molecule has 1 saturated heterocycles. The number of piperazine rings is 1. The van der Waals surface area contributed by atoms with Crippen LogP contribution in [0.1, 0.15) is 31.9 Å². The van der Waals surface area contributed by atoms with E-state index in [1.54, 1.807) is 24.0 Å². The Morgan fingerprint density at radius 3 is 2.43 bits per heavy atom. The standard InChI is InChI=1S/C17H25FN2O3/c1-12-5-6-13(15(21)14(12)18)11-19-7-9-20(10-8-19)16(22)23-17(2,3)4/h5-6,21H,7-11H2,1-4H3. The van der Waals surface area contributed by atoms with Crippen molar-refractivity contribution in [2.75, 3.05) is 26.2 Å². The second-order valence-electron chi connectivity index (χ2n) is 6.95. The van der Waals surface area contributed by atoms with Gasteiger partial charge in [-0.05, 0) is 33.3 Å². The van der Waals surface area contributed by atoms with E-state index >= 15 is 0 Å². The molecular formula is C17H25FN2O3. The van der Waals surface area contributed by atoms with Crippen LogP contribution in [0.3, 0.4) is 0 Å². The van der Waals surface area contributed by atoms with E-state index in [-0.39, 0.29) is 11.8 Å². The molecule has 0 aliphatic carbocycles. The van der Waals surface area contributed by atoms with Crippen LogP contribution < -0.4 is 0 Å². The molecule has 23 heavy (non-hydrogen) atoms. The van der Waals surface area contributed by atoms with Crippen molar-refractivity contribution in [2.24, 2.45) is 0 Å². The van der Waals surface area contributed by atoms with E-state index < -0.39 is 11.4 Å². The normalized spacial score (nSPS) is 16.5. The minimum atomic E-state index is -0.560. The maximum absolute atomic E-state index is 13.7. The van der Waals surface area contributed by atoms with Gasteiger partial charge in [-0.2, -0.15) is 0 Å². The molecular weight excluding hydrogens is 299 g/mol. The molecule has 1 heterocycles. The first-order valence-corrected chi connectivity index (χ1v) is 7.84. The predicted octanol–water partition coefficient (Wildman–Crippen LogP) is 2.89. The van der Waals surface area contributed by atoms with E-state index in [4.69, 9.17) is 4.74 Å². The monoisotopic (exact) mass is 324 g/mol. The Balaban J connectivity index is 1.90. The molecule has 0 atom stereocenters. The molecule has 0 spiro atoms. The number of aryl methyl sites for hydroxylation is 1. The number of carbonyl (C=O) groups is 1. The van der Waals surface area contributed by atoms with Crippen molar-refractivity contribution in [3.05, 3.63) is 29.1 Å². The Morgan fingerprint density at radius 1 is 1.26 bits per heavy atom. The Hall–Kier alpha value is -1.82. The fourth-order valence-corrected chi connectivity index (χ4v) is 2.49. The molecule has 1 N–H and O–H groups in total. The number of phenolic OH excluding ortho intramolecular Hbond substituents is 1. The van der Waals surface area contributed by atoms with Gasteiger partial charge in [0.05, 0.1) is 0 Å². The first-order valence-electron chi connectivity index (χ1n) is 7.84. The number of halogens is 1. The number of hydrogen-bond donors (Lipinski definition) is 1. The van der Waals surface area contributed by atoms with E-state index in [0.29, 0.717) is 43.9 Å². The lowest BCUT2D eigenvalue weighted by Gasteiger charge is -2.35. The zero-order chi connectivity index (χ0) is 17.2. The molecule has 1 fully saturated rings. The van der Waals surface area contributed by atoms with Crippen LogP contribution in [-0.4, -0.2) is 52.8 Å². The van der Waals surface area contributed by atoms with Crippen LogP contribution in [0.5, 0.6) is 5.75 Å². The molecule has 0 unspecified atom stereocenters. The average Bonchev–Trinajstić information content (AvgIpc) is 2.47. The number of ether oxygens (including phenoxy) is 1. The lowest BCUT2D eigenvalue weighted by atomic mass is 10.1. The highest BCUT2D eigenvalue weighted by Crippen LogP contribution is 2.25. The van der Waals surface area contributed by atoms with Crippen molar-refractivity contribution >= 4 is 6.09 Å². The van der Waals surface area contributed by atoms with Gasteiger partial charge in [0.25, 0.3) is 0 Å². The van der Waals surface area contributed by atoms with Crippen LogP contribution >= 0.6 is 0 Å². The first kappa shape index (κ1) is 17.5. The molecule has 2 rings (SSSR count). The summed E-state index contributed by atoms with van der Waals surface area (Å²) < 4.78 is 19.1. The lowest BCUT2D eigenvalue weighted by molar-refractivity contribution is 0.0138. The van der Waals surface area contributed by atoms with Gasteiger partial charge in [0, 0.05) is 38.3 Å². The summed E-state index contributed by atoms with van der Waals surface area (Å²) in [6.45, 7) is 10.1. The molecule has 5 nitrogen and oxygen atoms in total. The van der Waals surface area contributed by atoms with Crippen LogP contribution in [0.25, 0.3) is 0 Å². The highest BCUT2D eigenvalue weighted by molar-refractivity contribution is 5.68. The van der Waals surface area contributed by atoms with Gasteiger partial charge in [-0.3, -0.25) is 4.90 Å². The van der Waals surface area contributed by atoms with Crippen molar-refractivity contribution < 1.29 is 19.0 Å². The van der Waals surface area contributed by atoms with E-state index in [2.05, 4.69) is 4.90 Å². The summed E-state index contributed by atoms with van der Waals surface area (Å²) in [7, 11) is 0. The van der Waals surface area contributed by atoms with Crippen molar-refractivity contribution in [2.45, 2.75) is 39.8 Å². The number of hydrogen-bond acceptors (Lipinski definition) is 4. The molecule has 0 saturated carbocycles. The highest BCUT2D eigenvalue weighted by Gasteiger charge is 2.26. The summed E-state index contributed by atoms with van der Waals surface area (Å²) >= 11 is 0. The number of amides is 1. The van der Waals surface area contributed by atoms with Gasteiger partial charge < -0.3 is 14.7 Å². The number of phenols is 1. The third-order valence-corrected chi connectivity index (χ3v) is 3.81. The molecule has 1 aliphatic heterocycles. The molecule has 1 aromatic rings. The van der Waals surface area contributed by atoms with E-state index in [1.165, 1.54) is 0 Å². The second-order valence-corrected chi connectivity index (χ2v) is 6.95.